The third-order valence-corrected chi connectivity index (χ3v) is 6.57. The van der Waals surface area contributed by atoms with E-state index in [1.54, 1.807) is 31.5 Å². The SMILES string of the molecule is Cc1c(=O)n(Cc2ccc(Br)c(F)c2)c(=O)n2cc(C(=O)NCc3cccnc3)sc12. The predicted octanol–water partition coefficient (Wildman–Crippen LogP) is 3.11. The van der Waals surface area contributed by atoms with Crippen molar-refractivity contribution in [3.8, 4) is 0 Å². The minimum atomic E-state index is -0.587. The van der Waals surface area contributed by atoms with Crippen LogP contribution in [0.4, 0.5) is 4.39 Å². The highest BCUT2D eigenvalue weighted by molar-refractivity contribution is 9.10. The smallest absolute Gasteiger partial charge is 0.336 e. The molecule has 7 nitrogen and oxygen atoms in total. The van der Waals surface area contributed by atoms with E-state index in [4.69, 9.17) is 0 Å². The van der Waals surface area contributed by atoms with Crippen LogP contribution in [0.15, 0.2) is 63.0 Å². The van der Waals surface area contributed by atoms with E-state index in [0.717, 1.165) is 21.5 Å². The second-order valence-electron chi connectivity index (χ2n) is 6.86. The van der Waals surface area contributed by atoms with Crippen LogP contribution in [-0.2, 0) is 13.1 Å². The lowest BCUT2D eigenvalue weighted by Crippen LogP contribution is -2.38. The molecule has 4 aromatic rings. The van der Waals surface area contributed by atoms with Crippen molar-refractivity contribution in [1.82, 2.24) is 19.3 Å². The number of fused-ring (bicyclic) bond motifs is 1. The number of benzene rings is 1. The summed E-state index contributed by atoms with van der Waals surface area (Å²) in [6, 6.07) is 8.04. The summed E-state index contributed by atoms with van der Waals surface area (Å²) in [5.74, 6) is -0.836. The van der Waals surface area contributed by atoms with Crippen LogP contribution in [0.25, 0.3) is 4.83 Å². The van der Waals surface area contributed by atoms with Gasteiger partial charge in [-0.3, -0.25) is 23.5 Å². The molecule has 3 aromatic heterocycles. The van der Waals surface area contributed by atoms with Crippen LogP contribution in [0.5, 0.6) is 0 Å². The maximum absolute atomic E-state index is 13.8. The van der Waals surface area contributed by atoms with Crippen molar-refractivity contribution in [2.24, 2.45) is 0 Å². The van der Waals surface area contributed by atoms with Gasteiger partial charge in [-0.05, 0) is 52.2 Å². The van der Waals surface area contributed by atoms with E-state index in [1.807, 2.05) is 6.07 Å². The largest absolute Gasteiger partial charge is 0.347 e. The summed E-state index contributed by atoms with van der Waals surface area (Å²) in [6.07, 6.45) is 4.72. The first-order chi connectivity index (χ1) is 14.8. The van der Waals surface area contributed by atoms with Crippen LogP contribution in [0.1, 0.15) is 26.4 Å². The number of nitrogens with one attached hydrogen (secondary N) is 1. The average molecular weight is 503 g/mol. The number of amides is 1. The van der Waals surface area contributed by atoms with Crippen molar-refractivity contribution in [2.45, 2.75) is 20.0 Å². The minimum absolute atomic E-state index is 0.0793. The molecule has 158 valence electrons. The zero-order valence-corrected chi connectivity index (χ0v) is 18.7. The molecule has 10 heteroatoms. The van der Waals surface area contributed by atoms with E-state index in [9.17, 15) is 18.8 Å². The number of rotatable bonds is 5. The maximum Gasteiger partial charge on any atom is 0.336 e. The average Bonchev–Trinajstić information content (AvgIpc) is 3.23. The van der Waals surface area contributed by atoms with Crippen molar-refractivity contribution < 1.29 is 9.18 Å². The summed E-state index contributed by atoms with van der Waals surface area (Å²) in [5.41, 5.74) is 0.595. The lowest BCUT2D eigenvalue weighted by atomic mass is 10.2. The molecule has 0 unspecified atom stereocenters. The molecule has 0 aliphatic heterocycles. The second kappa shape index (κ2) is 8.56. The number of nitrogens with zero attached hydrogens (tertiary/aromatic N) is 3. The molecular formula is C21H16BrFN4O3S. The molecule has 0 aliphatic rings. The number of aromatic nitrogens is 3. The summed E-state index contributed by atoms with van der Waals surface area (Å²) in [7, 11) is 0. The van der Waals surface area contributed by atoms with Gasteiger partial charge < -0.3 is 5.32 Å². The molecule has 3 heterocycles. The van der Waals surface area contributed by atoms with Crippen molar-refractivity contribution in [1.29, 1.82) is 0 Å². The van der Waals surface area contributed by atoms with Crippen LogP contribution < -0.4 is 16.6 Å². The van der Waals surface area contributed by atoms with Crippen LogP contribution >= 0.6 is 27.3 Å². The normalized spacial score (nSPS) is 11.1. The molecule has 0 bridgehead atoms. The van der Waals surface area contributed by atoms with Crippen molar-refractivity contribution in [3.63, 3.8) is 0 Å². The fourth-order valence-corrected chi connectivity index (χ4v) is 4.35. The molecule has 0 saturated heterocycles. The number of hydrogen-bond donors (Lipinski definition) is 1. The van der Waals surface area contributed by atoms with Gasteiger partial charge in [-0.15, -0.1) is 11.3 Å². The molecule has 0 atom stereocenters. The van der Waals surface area contributed by atoms with Crippen LogP contribution in [0.3, 0.4) is 0 Å². The van der Waals surface area contributed by atoms with Crippen LogP contribution in [0, 0.1) is 12.7 Å². The minimum Gasteiger partial charge on any atom is -0.347 e. The Kier molecular flexibility index (Phi) is 5.84. The molecule has 0 fully saturated rings. The predicted molar refractivity (Wildman–Crippen MR) is 119 cm³/mol. The van der Waals surface area contributed by atoms with Gasteiger partial charge in [0.05, 0.1) is 11.0 Å². The Bertz CT molecular complexity index is 1410. The van der Waals surface area contributed by atoms with Gasteiger partial charge in [0, 0.05) is 30.7 Å². The van der Waals surface area contributed by atoms with E-state index in [0.29, 0.717) is 25.3 Å². The first kappa shape index (κ1) is 21.1. The van der Waals surface area contributed by atoms with Gasteiger partial charge in [-0.1, -0.05) is 12.1 Å². The summed E-state index contributed by atoms with van der Waals surface area (Å²) < 4.78 is 16.5. The molecule has 31 heavy (non-hydrogen) atoms. The molecule has 0 spiro atoms. The quantitative estimate of drug-likeness (QED) is 0.454. The fraction of sp³-hybridized carbons (Fsp3) is 0.143. The fourth-order valence-electron chi connectivity index (χ4n) is 3.10. The number of halogens is 2. The zero-order chi connectivity index (χ0) is 22.1. The number of carbonyl (C=O) groups is 1. The maximum atomic E-state index is 13.8. The van der Waals surface area contributed by atoms with Crippen molar-refractivity contribution in [3.05, 3.63) is 102 Å². The van der Waals surface area contributed by atoms with E-state index in [2.05, 4.69) is 26.2 Å². The van der Waals surface area contributed by atoms with Gasteiger partial charge in [0.2, 0.25) is 0 Å². The highest BCUT2D eigenvalue weighted by atomic mass is 79.9. The highest BCUT2D eigenvalue weighted by Crippen LogP contribution is 2.19. The Morgan fingerprint density at radius 1 is 1.26 bits per heavy atom. The Morgan fingerprint density at radius 3 is 2.77 bits per heavy atom. The Labute approximate surface area is 187 Å². The van der Waals surface area contributed by atoms with Crippen molar-refractivity contribution >= 4 is 38.0 Å². The molecule has 1 aromatic carbocycles. The van der Waals surface area contributed by atoms with Crippen LogP contribution in [-0.4, -0.2) is 19.9 Å². The first-order valence-corrected chi connectivity index (χ1v) is 10.8. The number of thiazole rings is 1. The van der Waals surface area contributed by atoms with Gasteiger partial charge in [0.1, 0.15) is 15.5 Å². The van der Waals surface area contributed by atoms with Crippen LogP contribution in [0.2, 0.25) is 0 Å². The summed E-state index contributed by atoms with van der Waals surface area (Å²) >= 11 is 4.15. The number of hydrogen-bond acceptors (Lipinski definition) is 5. The lowest BCUT2D eigenvalue weighted by molar-refractivity contribution is 0.0954. The lowest BCUT2D eigenvalue weighted by Gasteiger charge is -2.08. The Balaban J connectivity index is 1.67. The highest BCUT2D eigenvalue weighted by Gasteiger charge is 2.18. The number of pyridine rings is 1. The van der Waals surface area contributed by atoms with E-state index in [-0.39, 0.29) is 19.0 Å². The Hall–Kier alpha value is -3.11. The van der Waals surface area contributed by atoms with E-state index in [1.165, 1.54) is 22.7 Å². The molecule has 0 saturated carbocycles. The summed E-state index contributed by atoms with van der Waals surface area (Å²) in [5, 5.41) is 2.78. The second-order valence-corrected chi connectivity index (χ2v) is 8.75. The van der Waals surface area contributed by atoms with E-state index >= 15 is 0 Å². The topological polar surface area (TPSA) is 85.5 Å². The Morgan fingerprint density at radius 2 is 2.06 bits per heavy atom. The van der Waals surface area contributed by atoms with Gasteiger partial charge >= 0.3 is 5.69 Å². The standard InChI is InChI=1S/C21H16BrFN4O3S/c1-12-19(29)26(10-13-4-5-15(22)16(23)7-13)21(30)27-11-17(31-20(12)27)18(28)25-9-14-3-2-6-24-8-14/h2-8,11H,9-10H2,1H3,(H,25,28). The molecule has 4 rings (SSSR count). The number of carbonyl (C=O) groups excluding carboxylic acids is 1. The number of aryl methyl sites for hydroxylation is 1. The third kappa shape index (κ3) is 4.21. The zero-order valence-electron chi connectivity index (χ0n) is 16.3. The van der Waals surface area contributed by atoms with Crippen molar-refractivity contribution in [2.75, 3.05) is 0 Å². The van der Waals surface area contributed by atoms with Gasteiger partial charge in [0.25, 0.3) is 11.5 Å². The molecule has 1 N–H and O–H groups in total. The summed E-state index contributed by atoms with van der Waals surface area (Å²) in [6.45, 7) is 1.81. The third-order valence-electron chi connectivity index (χ3n) is 4.72. The monoisotopic (exact) mass is 502 g/mol. The summed E-state index contributed by atoms with van der Waals surface area (Å²) in [4.78, 5) is 43.0. The van der Waals surface area contributed by atoms with Gasteiger partial charge in [-0.25, -0.2) is 9.18 Å². The van der Waals surface area contributed by atoms with Gasteiger partial charge in [0.15, 0.2) is 0 Å². The molecular weight excluding hydrogens is 487 g/mol. The first-order valence-electron chi connectivity index (χ1n) is 9.22. The molecule has 0 aliphatic carbocycles. The van der Waals surface area contributed by atoms with Gasteiger partial charge in [-0.2, -0.15) is 0 Å². The molecule has 0 radical (unpaired) electrons. The molecule has 1 amide bonds. The van der Waals surface area contributed by atoms with E-state index < -0.39 is 17.1 Å².